The van der Waals surface area contributed by atoms with Crippen molar-refractivity contribution in [3.05, 3.63) is 34.3 Å². The third-order valence-electron chi connectivity index (χ3n) is 3.73. The van der Waals surface area contributed by atoms with E-state index in [1.807, 2.05) is 24.3 Å². The highest BCUT2D eigenvalue weighted by molar-refractivity contribution is 9.10. The van der Waals surface area contributed by atoms with Gasteiger partial charge in [0, 0.05) is 11.0 Å². The van der Waals surface area contributed by atoms with Gasteiger partial charge in [-0.05, 0) is 50.5 Å². The number of amides is 1. The summed E-state index contributed by atoms with van der Waals surface area (Å²) in [4.78, 5) is 14.3. The van der Waals surface area contributed by atoms with E-state index in [1.54, 1.807) is 0 Å². The number of hydrogen-bond acceptors (Lipinski definition) is 2. The smallest absolute Gasteiger partial charge is 0.224 e. The molecule has 0 spiro atoms. The Bertz CT molecular complexity index is 428. The second-order valence-corrected chi connectivity index (χ2v) is 6.17. The van der Waals surface area contributed by atoms with E-state index < -0.39 is 0 Å². The molecule has 1 heterocycles. The average Bonchev–Trinajstić information content (AvgIpc) is 2.41. The topological polar surface area (TPSA) is 32.3 Å². The Morgan fingerprint density at radius 1 is 1.37 bits per heavy atom. The molecule has 0 atom stereocenters. The maximum Gasteiger partial charge on any atom is 0.224 e. The van der Waals surface area contributed by atoms with Crippen LogP contribution in [0.2, 0.25) is 0 Å². The Kier molecular flexibility index (Phi) is 5.40. The number of carbonyl (C=O) groups excluding carboxylic acids is 1. The van der Waals surface area contributed by atoms with Crippen LogP contribution in [0.4, 0.5) is 0 Å². The number of likely N-dealkylation sites (tertiary alicyclic amines) is 1. The molecule has 0 bridgehead atoms. The molecule has 1 N–H and O–H groups in total. The number of carbonyl (C=O) groups is 1. The van der Waals surface area contributed by atoms with Crippen molar-refractivity contribution >= 4 is 21.8 Å². The van der Waals surface area contributed by atoms with Gasteiger partial charge in [-0.2, -0.15) is 0 Å². The summed E-state index contributed by atoms with van der Waals surface area (Å²) in [5.74, 6) is 0.755. The number of rotatable bonds is 4. The third kappa shape index (κ3) is 4.62. The van der Waals surface area contributed by atoms with Crippen molar-refractivity contribution < 1.29 is 4.79 Å². The lowest BCUT2D eigenvalue weighted by Crippen LogP contribution is -2.37. The SMILES string of the molecule is CN1CCC(CNC(=O)Cc2ccccc2Br)CC1. The zero-order valence-corrected chi connectivity index (χ0v) is 12.9. The van der Waals surface area contributed by atoms with Crippen molar-refractivity contribution in [2.45, 2.75) is 19.3 Å². The molecule has 0 saturated carbocycles. The Morgan fingerprint density at radius 2 is 2.05 bits per heavy atom. The maximum atomic E-state index is 11.9. The van der Waals surface area contributed by atoms with E-state index in [0.717, 1.165) is 29.7 Å². The van der Waals surface area contributed by atoms with E-state index in [4.69, 9.17) is 0 Å². The van der Waals surface area contributed by atoms with Crippen LogP contribution in [0.5, 0.6) is 0 Å². The van der Waals surface area contributed by atoms with E-state index >= 15 is 0 Å². The van der Waals surface area contributed by atoms with Crippen LogP contribution < -0.4 is 5.32 Å². The quantitative estimate of drug-likeness (QED) is 0.922. The first kappa shape index (κ1) is 14.5. The molecule has 1 amide bonds. The van der Waals surface area contributed by atoms with Crippen LogP contribution >= 0.6 is 15.9 Å². The monoisotopic (exact) mass is 324 g/mol. The highest BCUT2D eigenvalue weighted by Crippen LogP contribution is 2.17. The van der Waals surface area contributed by atoms with Crippen LogP contribution in [0.3, 0.4) is 0 Å². The lowest BCUT2D eigenvalue weighted by atomic mass is 9.97. The highest BCUT2D eigenvalue weighted by atomic mass is 79.9. The number of nitrogens with zero attached hydrogens (tertiary/aromatic N) is 1. The van der Waals surface area contributed by atoms with Gasteiger partial charge >= 0.3 is 0 Å². The summed E-state index contributed by atoms with van der Waals surface area (Å²) in [6.07, 6.45) is 2.83. The van der Waals surface area contributed by atoms with Gasteiger partial charge in [-0.15, -0.1) is 0 Å². The first-order chi connectivity index (χ1) is 9.15. The van der Waals surface area contributed by atoms with E-state index in [9.17, 15) is 4.79 Å². The molecule has 3 nitrogen and oxygen atoms in total. The molecule has 0 aromatic heterocycles. The second kappa shape index (κ2) is 7.06. The fourth-order valence-electron chi connectivity index (χ4n) is 2.40. The number of benzene rings is 1. The molecule has 1 aliphatic heterocycles. The summed E-state index contributed by atoms with van der Waals surface area (Å²) in [5.41, 5.74) is 1.04. The molecule has 4 heteroatoms. The molecule has 0 unspecified atom stereocenters. The minimum Gasteiger partial charge on any atom is -0.356 e. The Labute approximate surface area is 123 Å². The van der Waals surface area contributed by atoms with Gasteiger partial charge in [-0.3, -0.25) is 4.79 Å². The molecule has 2 rings (SSSR count). The minimum absolute atomic E-state index is 0.117. The third-order valence-corrected chi connectivity index (χ3v) is 4.51. The summed E-state index contributed by atoms with van der Waals surface area (Å²) in [6, 6.07) is 7.88. The summed E-state index contributed by atoms with van der Waals surface area (Å²) >= 11 is 3.47. The molecular weight excluding hydrogens is 304 g/mol. The van der Waals surface area contributed by atoms with Crippen molar-refractivity contribution in [3.8, 4) is 0 Å². The van der Waals surface area contributed by atoms with Crippen LogP contribution in [0.1, 0.15) is 18.4 Å². The van der Waals surface area contributed by atoms with Gasteiger partial charge in [0.1, 0.15) is 0 Å². The number of hydrogen-bond donors (Lipinski definition) is 1. The summed E-state index contributed by atoms with van der Waals surface area (Å²) < 4.78 is 1.00. The standard InChI is InChI=1S/C15H21BrN2O/c1-18-8-6-12(7-9-18)11-17-15(19)10-13-4-2-3-5-14(13)16/h2-5,12H,6-11H2,1H3,(H,17,19). The number of nitrogens with one attached hydrogen (secondary N) is 1. The predicted molar refractivity (Wildman–Crippen MR) is 81.1 cm³/mol. The second-order valence-electron chi connectivity index (χ2n) is 5.32. The molecule has 0 aliphatic carbocycles. The zero-order valence-electron chi connectivity index (χ0n) is 11.4. The Morgan fingerprint density at radius 3 is 2.74 bits per heavy atom. The predicted octanol–water partition coefficient (Wildman–Crippen LogP) is 2.45. The lowest BCUT2D eigenvalue weighted by molar-refractivity contribution is -0.120. The van der Waals surface area contributed by atoms with E-state index in [1.165, 1.54) is 12.8 Å². The van der Waals surface area contributed by atoms with Crippen molar-refractivity contribution in [2.24, 2.45) is 5.92 Å². The summed E-state index contributed by atoms with van der Waals surface area (Å²) in [7, 11) is 2.15. The molecule has 1 aromatic carbocycles. The summed E-state index contributed by atoms with van der Waals surface area (Å²) in [5, 5.41) is 3.06. The van der Waals surface area contributed by atoms with Gasteiger partial charge in [-0.1, -0.05) is 34.1 Å². The van der Waals surface area contributed by atoms with Gasteiger partial charge in [0.25, 0.3) is 0 Å². The average molecular weight is 325 g/mol. The fourth-order valence-corrected chi connectivity index (χ4v) is 2.83. The van der Waals surface area contributed by atoms with Crippen molar-refractivity contribution in [2.75, 3.05) is 26.7 Å². The molecule has 1 saturated heterocycles. The summed E-state index contributed by atoms with van der Waals surface area (Å²) in [6.45, 7) is 3.10. The molecular formula is C15H21BrN2O. The molecule has 0 radical (unpaired) electrons. The Balaban J connectivity index is 1.74. The normalized spacial score (nSPS) is 17.4. The molecule has 104 valence electrons. The van der Waals surface area contributed by atoms with Gasteiger partial charge in [-0.25, -0.2) is 0 Å². The van der Waals surface area contributed by atoms with E-state index in [2.05, 4.69) is 33.2 Å². The molecule has 19 heavy (non-hydrogen) atoms. The van der Waals surface area contributed by atoms with E-state index in [-0.39, 0.29) is 5.91 Å². The van der Waals surface area contributed by atoms with Crippen molar-refractivity contribution in [3.63, 3.8) is 0 Å². The van der Waals surface area contributed by atoms with Gasteiger partial charge in [0.15, 0.2) is 0 Å². The first-order valence-corrected chi connectivity index (χ1v) is 7.63. The van der Waals surface area contributed by atoms with Gasteiger partial charge < -0.3 is 10.2 Å². The van der Waals surface area contributed by atoms with Crippen LogP contribution in [0.15, 0.2) is 28.7 Å². The number of halogens is 1. The van der Waals surface area contributed by atoms with Gasteiger partial charge in [0.05, 0.1) is 6.42 Å². The van der Waals surface area contributed by atoms with Crippen LogP contribution in [-0.2, 0) is 11.2 Å². The lowest BCUT2D eigenvalue weighted by Gasteiger charge is -2.28. The zero-order chi connectivity index (χ0) is 13.7. The number of piperidine rings is 1. The van der Waals surface area contributed by atoms with Crippen LogP contribution in [0, 0.1) is 5.92 Å². The van der Waals surface area contributed by atoms with E-state index in [0.29, 0.717) is 12.3 Å². The minimum atomic E-state index is 0.117. The van der Waals surface area contributed by atoms with Crippen molar-refractivity contribution in [1.29, 1.82) is 0 Å². The van der Waals surface area contributed by atoms with Gasteiger partial charge in [0.2, 0.25) is 5.91 Å². The van der Waals surface area contributed by atoms with Crippen molar-refractivity contribution in [1.82, 2.24) is 10.2 Å². The first-order valence-electron chi connectivity index (χ1n) is 6.84. The molecule has 1 fully saturated rings. The Hall–Kier alpha value is -0.870. The van der Waals surface area contributed by atoms with Crippen LogP contribution in [0.25, 0.3) is 0 Å². The molecule has 1 aliphatic rings. The largest absolute Gasteiger partial charge is 0.356 e. The molecule has 1 aromatic rings. The highest BCUT2D eigenvalue weighted by Gasteiger charge is 2.17. The fraction of sp³-hybridized carbons (Fsp3) is 0.533. The maximum absolute atomic E-state index is 11.9. The van der Waals surface area contributed by atoms with Crippen LogP contribution in [-0.4, -0.2) is 37.5 Å².